The van der Waals surface area contributed by atoms with Gasteiger partial charge in [0.1, 0.15) is 12.1 Å². The maximum atomic E-state index is 12.2. The van der Waals surface area contributed by atoms with Gasteiger partial charge in [-0.2, -0.15) is 0 Å². The van der Waals surface area contributed by atoms with Crippen LogP contribution in [0.5, 0.6) is 0 Å². The summed E-state index contributed by atoms with van der Waals surface area (Å²) in [7, 11) is 3.42. The number of rotatable bonds is 8. The molecule has 2 rings (SSSR count). The molecule has 2 fully saturated rings. The number of guanidine groups is 1. The molecule has 1 heterocycles. The summed E-state index contributed by atoms with van der Waals surface area (Å²) in [5.74, 6) is 0.906. The molecule has 2 atom stereocenters. The Morgan fingerprint density at radius 2 is 1.90 bits per heavy atom. The second-order valence-electron chi connectivity index (χ2n) is 9.29. The molecule has 0 aromatic carbocycles. The quantitative estimate of drug-likeness (QED) is 0.402. The number of carbonyl (C=O) groups is 2. The third-order valence-electron chi connectivity index (χ3n) is 5.02. The van der Waals surface area contributed by atoms with E-state index in [4.69, 9.17) is 9.47 Å². The SMILES string of the molecule is CN(C)C(=O)CN=C(NCC1CCCCO1)NCC(NC(=O)OC(C)(C)C)C1CC1. The van der Waals surface area contributed by atoms with Crippen LogP contribution in [0, 0.1) is 5.92 Å². The van der Waals surface area contributed by atoms with Crippen LogP contribution in [-0.4, -0.2) is 80.9 Å². The van der Waals surface area contributed by atoms with Gasteiger partial charge in [0, 0.05) is 33.8 Å². The molecule has 0 radical (unpaired) electrons. The van der Waals surface area contributed by atoms with Crippen LogP contribution in [0.1, 0.15) is 52.9 Å². The summed E-state index contributed by atoms with van der Waals surface area (Å²) >= 11 is 0. The maximum Gasteiger partial charge on any atom is 0.407 e. The molecule has 0 bridgehead atoms. The molecule has 2 amide bonds. The molecular formula is C21H39N5O4. The fourth-order valence-corrected chi connectivity index (χ4v) is 3.14. The van der Waals surface area contributed by atoms with Crippen molar-refractivity contribution in [2.75, 3.05) is 40.3 Å². The molecule has 2 aliphatic rings. The monoisotopic (exact) mass is 425 g/mol. The first-order chi connectivity index (χ1) is 14.1. The van der Waals surface area contributed by atoms with Crippen molar-refractivity contribution < 1.29 is 19.1 Å². The Bertz CT molecular complexity index is 593. The summed E-state index contributed by atoms with van der Waals surface area (Å²) in [5.41, 5.74) is -0.535. The summed E-state index contributed by atoms with van der Waals surface area (Å²) in [6.07, 6.45) is 5.18. The molecule has 0 spiro atoms. The van der Waals surface area contributed by atoms with Crippen molar-refractivity contribution in [2.24, 2.45) is 10.9 Å². The van der Waals surface area contributed by atoms with Crippen LogP contribution in [0.4, 0.5) is 4.79 Å². The average molecular weight is 426 g/mol. The van der Waals surface area contributed by atoms with Crippen LogP contribution in [-0.2, 0) is 14.3 Å². The summed E-state index contributed by atoms with van der Waals surface area (Å²) in [6, 6.07) is -0.0534. The fourth-order valence-electron chi connectivity index (χ4n) is 3.14. The molecule has 0 aromatic rings. The summed E-state index contributed by atoms with van der Waals surface area (Å²) in [5, 5.41) is 9.55. The molecule has 2 unspecified atom stereocenters. The van der Waals surface area contributed by atoms with Gasteiger partial charge in [-0.15, -0.1) is 0 Å². The zero-order valence-electron chi connectivity index (χ0n) is 19.1. The highest BCUT2D eigenvalue weighted by Crippen LogP contribution is 2.32. The minimum Gasteiger partial charge on any atom is -0.444 e. The first kappa shape index (κ1) is 24.2. The van der Waals surface area contributed by atoms with Gasteiger partial charge in [-0.25, -0.2) is 9.79 Å². The summed E-state index contributed by atoms with van der Waals surface area (Å²) < 4.78 is 11.2. The van der Waals surface area contributed by atoms with E-state index in [-0.39, 0.29) is 24.6 Å². The third-order valence-corrected chi connectivity index (χ3v) is 5.02. The smallest absolute Gasteiger partial charge is 0.407 e. The molecule has 172 valence electrons. The van der Waals surface area contributed by atoms with E-state index < -0.39 is 11.7 Å². The van der Waals surface area contributed by atoms with Crippen LogP contribution in [0.25, 0.3) is 0 Å². The van der Waals surface area contributed by atoms with Gasteiger partial charge >= 0.3 is 6.09 Å². The van der Waals surface area contributed by atoms with E-state index in [1.165, 1.54) is 4.90 Å². The van der Waals surface area contributed by atoms with Crippen molar-refractivity contribution in [3.63, 3.8) is 0 Å². The Labute approximate surface area is 180 Å². The van der Waals surface area contributed by atoms with Crippen LogP contribution in [0.15, 0.2) is 4.99 Å². The second kappa shape index (κ2) is 11.4. The molecule has 0 aromatic heterocycles. The zero-order chi connectivity index (χ0) is 22.1. The van der Waals surface area contributed by atoms with E-state index in [1.807, 2.05) is 20.8 Å². The first-order valence-electron chi connectivity index (χ1n) is 11.0. The highest BCUT2D eigenvalue weighted by Gasteiger charge is 2.33. The van der Waals surface area contributed by atoms with Gasteiger partial charge in [-0.1, -0.05) is 0 Å². The third kappa shape index (κ3) is 9.65. The Kier molecular flexibility index (Phi) is 9.20. The fraction of sp³-hybridized carbons (Fsp3) is 0.857. The lowest BCUT2D eigenvalue weighted by atomic mass is 10.1. The molecule has 3 N–H and O–H groups in total. The van der Waals surface area contributed by atoms with Crippen molar-refractivity contribution in [1.82, 2.24) is 20.9 Å². The summed E-state index contributed by atoms with van der Waals surface area (Å²) in [6.45, 7) is 7.53. The molecule has 1 aliphatic heterocycles. The van der Waals surface area contributed by atoms with E-state index in [9.17, 15) is 9.59 Å². The Morgan fingerprint density at radius 1 is 1.17 bits per heavy atom. The van der Waals surface area contributed by atoms with Gasteiger partial charge in [0.25, 0.3) is 0 Å². The number of amides is 2. The van der Waals surface area contributed by atoms with E-state index in [2.05, 4.69) is 20.9 Å². The van der Waals surface area contributed by atoms with E-state index in [0.717, 1.165) is 38.7 Å². The van der Waals surface area contributed by atoms with E-state index in [1.54, 1.807) is 14.1 Å². The number of hydrogen-bond acceptors (Lipinski definition) is 5. The number of aliphatic imine (C=N–C) groups is 1. The standard InChI is InChI=1S/C21H39N5O4/c1-21(2,3)30-20(28)25-17(15-9-10-15)13-23-19(24-14-18(27)26(4)5)22-12-16-8-6-7-11-29-16/h15-17H,6-14H2,1-5H3,(H,25,28)(H2,22,23,24). The van der Waals surface area contributed by atoms with Crippen molar-refractivity contribution >= 4 is 18.0 Å². The van der Waals surface area contributed by atoms with Crippen molar-refractivity contribution in [3.8, 4) is 0 Å². The Hall–Kier alpha value is -2.03. The van der Waals surface area contributed by atoms with Gasteiger partial charge in [-0.05, 0) is 58.8 Å². The molecule has 30 heavy (non-hydrogen) atoms. The number of ether oxygens (including phenoxy) is 2. The topological polar surface area (TPSA) is 104 Å². The highest BCUT2D eigenvalue weighted by atomic mass is 16.6. The number of likely N-dealkylation sites (N-methyl/N-ethyl adjacent to an activating group) is 1. The van der Waals surface area contributed by atoms with Crippen LogP contribution in [0.2, 0.25) is 0 Å². The molecule has 9 heteroatoms. The van der Waals surface area contributed by atoms with Crippen LogP contribution < -0.4 is 16.0 Å². The largest absolute Gasteiger partial charge is 0.444 e. The number of nitrogens with zero attached hydrogens (tertiary/aromatic N) is 2. The molecular weight excluding hydrogens is 386 g/mol. The lowest BCUT2D eigenvalue weighted by Gasteiger charge is -2.26. The lowest BCUT2D eigenvalue weighted by molar-refractivity contribution is -0.127. The van der Waals surface area contributed by atoms with Gasteiger partial charge in [0.15, 0.2) is 5.96 Å². The lowest BCUT2D eigenvalue weighted by Crippen LogP contribution is -2.50. The van der Waals surface area contributed by atoms with Crippen molar-refractivity contribution in [1.29, 1.82) is 0 Å². The van der Waals surface area contributed by atoms with E-state index in [0.29, 0.717) is 25.0 Å². The first-order valence-corrected chi connectivity index (χ1v) is 11.0. The van der Waals surface area contributed by atoms with Crippen molar-refractivity contribution in [2.45, 2.75) is 70.6 Å². The van der Waals surface area contributed by atoms with Crippen LogP contribution in [0.3, 0.4) is 0 Å². The minimum atomic E-state index is -0.535. The van der Waals surface area contributed by atoms with Crippen LogP contribution >= 0.6 is 0 Å². The molecule has 1 saturated heterocycles. The predicted molar refractivity (Wildman–Crippen MR) is 116 cm³/mol. The highest BCUT2D eigenvalue weighted by molar-refractivity contribution is 5.84. The van der Waals surface area contributed by atoms with E-state index >= 15 is 0 Å². The second-order valence-corrected chi connectivity index (χ2v) is 9.29. The average Bonchev–Trinajstić information content (AvgIpc) is 3.50. The maximum absolute atomic E-state index is 12.2. The summed E-state index contributed by atoms with van der Waals surface area (Å²) in [4.78, 5) is 30.1. The van der Waals surface area contributed by atoms with Gasteiger partial charge in [0.05, 0.1) is 12.1 Å². The predicted octanol–water partition coefficient (Wildman–Crippen LogP) is 1.48. The Morgan fingerprint density at radius 3 is 2.47 bits per heavy atom. The van der Waals surface area contributed by atoms with Gasteiger partial charge in [-0.3, -0.25) is 4.79 Å². The van der Waals surface area contributed by atoms with Gasteiger partial charge < -0.3 is 30.3 Å². The number of alkyl carbamates (subject to hydrolysis) is 1. The number of nitrogens with one attached hydrogen (secondary N) is 3. The number of hydrogen-bond donors (Lipinski definition) is 3. The molecule has 1 saturated carbocycles. The Balaban J connectivity index is 1.91. The molecule has 1 aliphatic carbocycles. The minimum absolute atomic E-state index is 0.0534. The van der Waals surface area contributed by atoms with Crippen molar-refractivity contribution in [3.05, 3.63) is 0 Å². The van der Waals surface area contributed by atoms with Gasteiger partial charge in [0.2, 0.25) is 5.91 Å². The normalized spacial score (nSPS) is 20.8. The number of carbonyl (C=O) groups excluding carboxylic acids is 2. The zero-order valence-corrected chi connectivity index (χ0v) is 19.1. The molecule has 9 nitrogen and oxygen atoms in total.